The van der Waals surface area contributed by atoms with Gasteiger partial charge in [0.05, 0.1) is 5.39 Å². The van der Waals surface area contributed by atoms with Crippen molar-refractivity contribution in [1.29, 1.82) is 0 Å². The second-order valence-corrected chi connectivity index (χ2v) is 6.96. The van der Waals surface area contributed by atoms with Crippen molar-refractivity contribution in [3.63, 3.8) is 0 Å². The van der Waals surface area contributed by atoms with Gasteiger partial charge in [-0.2, -0.15) is 0 Å². The molecular formula is C25H14O3. The maximum absolute atomic E-state index is 12.5. The van der Waals surface area contributed by atoms with Crippen LogP contribution in [0.2, 0.25) is 0 Å². The molecule has 6 rings (SSSR count). The first-order chi connectivity index (χ1) is 13.8. The summed E-state index contributed by atoms with van der Waals surface area (Å²) in [6, 6.07) is 27.7. The van der Waals surface area contributed by atoms with E-state index in [4.69, 9.17) is 8.83 Å². The van der Waals surface area contributed by atoms with E-state index in [-0.39, 0.29) is 5.63 Å². The first-order valence-corrected chi connectivity index (χ1v) is 9.15. The minimum Gasteiger partial charge on any atom is -0.456 e. The molecule has 0 amide bonds. The fourth-order valence-corrected chi connectivity index (χ4v) is 3.97. The molecule has 0 aliphatic rings. The highest BCUT2D eigenvalue weighted by atomic mass is 16.4. The van der Waals surface area contributed by atoms with E-state index in [2.05, 4.69) is 18.2 Å². The molecule has 0 atom stereocenters. The number of rotatable bonds is 1. The van der Waals surface area contributed by atoms with Gasteiger partial charge in [-0.15, -0.1) is 0 Å². The Kier molecular flexibility index (Phi) is 3.03. The van der Waals surface area contributed by atoms with Crippen molar-refractivity contribution in [1.82, 2.24) is 0 Å². The largest absolute Gasteiger partial charge is 0.456 e. The smallest absolute Gasteiger partial charge is 0.344 e. The van der Waals surface area contributed by atoms with Crippen molar-refractivity contribution >= 4 is 43.7 Å². The Morgan fingerprint density at radius 2 is 1.04 bits per heavy atom. The Morgan fingerprint density at radius 3 is 1.82 bits per heavy atom. The summed E-state index contributed by atoms with van der Waals surface area (Å²) in [6.07, 6.45) is 0. The van der Waals surface area contributed by atoms with Gasteiger partial charge in [0.25, 0.3) is 0 Å². The fourth-order valence-electron chi connectivity index (χ4n) is 3.97. The lowest BCUT2D eigenvalue weighted by atomic mass is 9.99. The monoisotopic (exact) mass is 362 g/mol. The molecule has 2 heterocycles. The van der Waals surface area contributed by atoms with E-state index in [1.54, 1.807) is 0 Å². The first kappa shape index (κ1) is 15.2. The third-order valence-corrected chi connectivity index (χ3v) is 5.33. The van der Waals surface area contributed by atoms with E-state index in [0.29, 0.717) is 11.0 Å². The van der Waals surface area contributed by atoms with E-state index in [1.807, 2.05) is 66.7 Å². The number of furan rings is 1. The van der Waals surface area contributed by atoms with Crippen molar-refractivity contribution in [2.24, 2.45) is 0 Å². The maximum Gasteiger partial charge on any atom is 0.344 e. The van der Waals surface area contributed by atoms with Crippen molar-refractivity contribution < 1.29 is 8.83 Å². The van der Waals surface area contributed by atoms with Gasteiger partial charge in [0.1, 0.15) is 16.7 Å². The lowest BCUT2D eigenvalue weighted by Gasteiger charge is -2.06. The zero-order valence-electron chi connectivity index (χ0n) is 14.8. The first-order valence-electron chi connectivity index (χ1n) is 9.15. The van der Waals surface area contributed by atoms with Crippen LogP contribution in [0.5, 0.6) is 0 Å². The van der Waals surface area contributed by atoms with Crippen LogP contribution in [-0.2, 0) is 0 Å². The summed E-state index contributed by atoms with van der Waals surface area (Å²) in [5.74, 6) is 0. The standard InChI is InChI=1S/C25H14O3/c26-25-21-14-15(9-11-17(21)18-5-1-4-8-23(18)28-25)16-10-12-24-20(13-16)19-6-2-3-7-22(19)27-24/h1-14H. The molecular weight excluding hydrogens is 348 g/mol. The quantitative estimate of drug-likeness (QED) is 0.247. The number of benzene rings is 4. The second kappa shape index (κ2) is 5.57. The Balaban J connectivity index is 1.62. The van der Waals surface area contributed by atoms with E-state index < -0.39 is 0 Å². The van der Waals surface area contributed by atoms with Gasteiger partial charge in [-0.25, -0.2) is 4.79 Å². The molecule has 3 heteroatoms. The highest BCUT2D eigenvalue weighted by Crippen LogP contribution is 2.33. The molecule has 2 aromatic heterocycles. The molecule has 0 saturated carbocycles. The highest BCUT2D eigenvalue weighted by Gasteiger charge is 2.11. The Labute approximate surface area is 159 Å². The molecule has 3 nitrogen and oxygen atoms in total. The number of hydrogen-bond donors (Lipinski definition) is 0. The minimum atomic E-state index is -0.314. The predicted molar refractivity (Wildman–Crippen MR) is 113 cm³/mol. The van der Waals surface area contributed by atoms with E-state index in [9.17, 15) is 4.79 Å². The number of fused-ring (bicyclic) bond motifs is 6. The van der Waals surface area contributed by atoms with Gasteiger partial charge in [-0.05, 0) is 46.8 Å². The topological polar surface area (TPSA) is 43.4 Å². The fraction of sp³-hybridized carbons (Fsp3) is 0. The van der Waals surface area contributed by atoms with E-state index in [1.165, 1.54) is 0 Å². The molecule has 0 bridgehead atoms. The molecule has 0 aliphatic heterocycles. The van der Waals surface area contributed by atoms with Gasteiger partial charge in [-0.3, -0.25) is 0 Å². The molecule has 28 heavy (non-hydrogen) atoms. The van der Waals surface area contributed by atoms with Crippen LogP contribution in [0.3, 0.4) is 0 Å². The van der Waals surface area contributed by atoms with Gasteiger partial charge in [0.15, 0.2) is 0 Å². The normalized spacial score (nSPS) is 11.7. The summed E-state index contributed by atoms with van der Waals surface area (Å²) < 4.78 is 11.4. The molecule has 6 aromatic rings. The van der Waals surface area contributed by atoms with Crippen LogP contribution in [0.15, 0.2) is 98.6 Å². The molecule has 0 N–H and O–H groups in total. The molecule has 0 fully saturated rings. The summed E-state index contributed by atoms with van der Waals surface area (Å²) in [6.45, 7) is 0. The number of para-hydroxylation sites is 2. The lowest BCUT2D eigenvalue weighted by molar-refractivity contribution is 0.569. The third-order valence-electron chi connectivity index (χ3n) is 5.33. The van der Waals surface area contributed by atoms with Crippen LogP contribution in [0.25, 0.3) is 54.8 Å². The second-order valence-electron chi connectivity index (χ2n) is 6.96. The van der Waals surface area contributed by atoms with E-state index in [0.717, 1.165) is 43.8 Å². The van der Waals surface area contributed by atoms with Crippen LogP contribution in [0.1, 0.15) is 0 Å². The molecule has 0 aliphatic carbocycles. The zero-order chi connectivity index (χ0) is 18.7. The molecule has 0 unspecified atom stereocenters. The molecule has 132 valence electrons. The Hall–Kier alpha value is -3.85. The summed E-state index contributed by atoms with van der Waals surface area (Å²) in [5.41, 5.74) is 4.04. The zero-order valence-corrected chi connectivity index (χ0v) is 14.8. The molecule has 0 spiro atoms. The summed E-state index contributed by atoms with van der Waals surface area (Å²) >= 11 is 0. The third kappa shape index (κ3) is 2.13. The van der Waals surface area contributed by atoms with Crippen LogP contribution >= 0.6 is 0 Å². The van der Waals surface area contributed by atoms with Gasteiger partial charge >= 0.3 is 5.63 Å². The van der Waals surface area contributed by atoms with Crippen LogP contribution in [0.4, 0.5) is 0 Å². The van der Waals surface area contributed by atoms with Gasteiger partial charge in [0, 0.05) is 16.2 Å². The SMILES string of the molecule is O=c1oc2ccccc2c2ccc(-c3ccc4oc5ccccc5c4c3)cc12. The van der Waals surface area contributed by atoms with Crippen molar-refractivity contribution in [3.8, 4) is 11.1 Å². The number of hydrogen-bond acceptors (Lipinski definition) is 3. The summed E-state index contributed by atoms with van der Waals surface area (Å²) in [5, 5.41) is 4.60. The summed E-state index contributed by atoms with van der Waals surface area (Å²) in [4.78, 5) is 12.5. The van der Waals surface area contributed by atoms with Crippen LogP contribution < -0.4 is 5.63 Å². The van der Waals surface area contributed by atoms with Gasteiger partial charge in [-0.1, -0.05) is 54.6 Å². The minimum absolute atomic E-state index is 0.314. The molecule has 4 aromatic carbocycles. The van der Waals surface area contributed by atoms with Crippen LogP contribution in [0, 0.1) is 0 Å². The maximum atomic E-state index is 12.5. The van der Waals surface area contributed by atoms with Crippen molar-refractivity contribution in [3.05, 3.63) is 95.3 Å². The van der Waals surface area contributed by atoms with Crippen molar-refractivity contribution in [2.45, 2.75) is 0 Å². The van der Waals surface area contributed by atoms with E-state index >= 15 is 0 Å². The van der Waals surface area contributed by atoms with Crippen LogP contribution in [-0.4, -0.2) is 0 Å². The van der Waals surface area contributed by atoms with Gasteiger partial charge in [0.2, 0.25) is 0 Å². The lowest BCUT2D eigenvalue weighted by Crippen LogP contribution is -1.99. The average molecular weight is 362 g/mol. The van der Waals surface area contributed by atoms with Crippen molar-refractivity contribution in [2.75, 3.05) is 0 Å². The molecule has 0 radical (unpaired) electrons. The van der Waals surface area contributed by atoms with Gasteiger partial charge < -0.3 is 8.83 Å². The molecule has 0 saturated heterocycles. The summed E-state index contributed by atoms with van der Waals surface area (Å²) in [7, 11) is 0. The highest BCUT2D eigenvalue weighted by molar-refractivity contribution is 6.08. The Bertz CT molecular complexity index is 1580. The predicted octanol–water partition coefficient (Wildman–Crippen LogP) is 6.51. The Morgan fingerprint density at radius 1 is 0.464 bits per heavy atom. The average Bonchev–Trinajstić information content (AvgIpc) is 3.11.